The third-order valence-electron chi connectivity index (χ3n) is 3.33. The summed E-state index contributed by atoms with van der Waals surface area (Å²) in [5, 5.41) is 3.36. The van der Waals surface area contributed by atoms with Crippen molar-refractivity contribution in [1.29, 1.82) is 0 Å². The van der Waals surface area contributed by atoms with E-state index in [1.54, 1.807) is 6.92 Å². The number of ether oxygens (including phenoxy) is 2. The Kier molecular flexibility index (Phi) is 3.46. The van der Waals surface area contributed by atoms with Crippen LogP contribution < -0.4 is 5.32 Å². The van der Waals surface area contributed by atoms with Gasteiger partial charge < -0.3 is 9.47 Å². The highest BCUT2D eigenvalue weighted by molar-refractivity contribution is 5.60. The van der Waals surface area contributed by atoms with Crippen molar-refractivity contribution in [2.75, 3.05) is 6.61 Å². The van der Waals surface area contributed by atoms with Gasteiger partial charge in [-0.25, -0.2) is 4.79 Å². The quantitative estimate of drug-likeness (QED) is 0.713. The summed E-state index contributed by atoms with van der Waals surface area (Å²) >= 11 is 0. The Balaban J connectivity index is 1.78. The van der Waals surface area contributed by atoms with Crippen molar-refractivity contribution in [3.05, 3.63) is 0 Å². The van der Waals surface area contributed by atoms with E-state index < -0.39 is 6.16 Å². The fourth-order valence-electron chi connectivity index (χ4n) is 2.64. The first kappa shape index (κ1) is 10.7. The van der Waals surface area contributed by atoms with E-state index in [0.29, 0.717) is 18.6 Å². The van der Waals surface area contributed by atoms with E-state index in [9.17, 15) is 4.79 Å². The van der Waals surface area contributed by atoms with Crippen LogP contribution in [-0.2, 0) is 9.47 Å². The van der Waals surface area contributed by atoms with Crippen molar-refractivity contribution in [2.45, 2.75) is 51.3 Å². The van der Waals surface area contributed by atoms with Gasteiger partial charge in [0.25, 0.3) is 0 Å². The molecule has 0 aromatic rings. The maximum atomic E-state index is 11.1. The monoisotopic (exact) mass is 213 g/mol. The fraction of sp³-hybridized carbons (Fsp3) is 0.909. The molecular formula is C11H19NO3. The molecule has 4 heteroatoms. The van der Waals surface area contributed by atoms with Gasteiger partial charge in [-0.3, -0.25) is 5.32 Å². The van der Waals surface area contributed by atoms with Crippen LogP contribution >= 0.6 is 0 Å². The molecule has 1 heterocycles. The molecule has 0 amide bonds. The first-order valence-electron chi connectivity index (χ1n) is 5.89. The minimum atomic E-state index is -0.548. The third-order valence-corrected chi connectivity index (χ3v) is 3.33. The van der Waals surface area contributed by atoms with Crippen molar-refractivity contribution < 1.29 is 14.3 Å². The van der Waals surface area contributed by atoms with Crippen molar-refractivity contribution >= 4 is 6.16 Å². The summed E-state index contributed by atoms with van der Waals surface area (Å²) in [6.07, 6.45) is 5.36. The standard InChI is InChI=1S/C11H19NO3/c1-2-14-11(13)15-10-7-8-5-3-4-6-9(8)12-10/h8-10,12H,2-7H2,1H3/t8-,9?,10-/m1/s1. The lowest BCUT2D eigenvalue weighted by Gasteiger charge is -2.23. The normalized spacial score (nSPS) is 34.6. The smallest absolute Gasteiger partial charge is 0.435 e. The molecule has 2 rings (SSSR count). The average molecular weight is 213 g/mol. The van der Waals surface area contributed by atoms with Crippen molar-refractivity contribution in [2.24, 2.45) is 5.92 Å². The highest BCUT2D eigenvalue weighted by Gasteiger charge is 2.36. The number of hydrogen-bond donors (Lipinski definition) is 1. The minimum Gasteiger partial charge on any atom is -0.435 e. The third kappa shape index (κ3) is 2.62. The van der Waals surface area contributed by atoms with E-state index >= 15 is 0 Å². The Morgan fingerprint density at radius 1 is 1.40 bits per heavy atom. The highest BCUT2D eigenvalue weighted by atomic mass is 16.7. The fourth-order valence-corrected chi connectivity index (χ4v) is 2.64. The van der Waals surface area contributed by atoms with Crippen LogP contribution in [0.15, 0.2) is 0 Å². The average Bonchev–Trinajstić information content (AvgIpc) is 2.59. The zero-order valence-corrected chi connectivity index (χ0v) is 9.20. The van der Waals surface area contributed by atoms with Gasteiger partial charge in [0.05, 0.1) is 6.61 Å². The molecule has 1 saturated heterocycles. The molecule has 1 saturated carbocycles. The van der Waals surface area contributed by atoms with E-state index in [2.05, 4.69) is 5.32 Å². The maximum absolute atomic E-state index is 11.1. The topological polar surface area (TPSA) is 47.6 Å². The summed E-state index contributed by atoms with van der Waals surface area (Å²) < 4.78 is 9.93. The van der Waals surface area contributed by atoms with E-state index in [4.69, 9.17) is 9.47 Å². The van der Waals surface area contributed by atoms with Gasteiger partial charge in [0.1, 0.15) is 0 Å². The van der Waals surface area contributed by atoms with Crippen LogP contribution in [0.4, 0.5) is 4.79 Å². The largest absolute Gasteiger partial charge is 0.509 e. The molecule has 1 aliphatic carbocycles. The molecule has 1 unspecified atom stereocenters. The van der Waals surface area contributed by atoms with Crippen LogP contribution in [0.1, 0.15) is 39.0 Å². The first-order chi connectivity index (χ1) is 7.29. The number of hydrogen-bond acceptors (Lipinski definition) is 4. The highest BCUT2D eigenvalue weighted by Crippen LogP contribution is 2.33. The van der Waals surface area contributed by atoms with Crippen molar-refractivity contribution in [3.63, 3.8) is 0 Å². The number of nitrogens with one attached hydrogen (secondary N) is 1. The Morgan fingerprint density at radius 2 is 2.20 bits per heavy atom. The molecule has 3 atom stereocenters. The lowest BCUT2D eigenvalue weighted by molar-refractivity contribution is 0.0192. The zero-order chi connectivity index (χ0) is 10.7. The summed E-state index contributed by atoms with van der Waals surface area (Å²) in [6.45, 7) is 2.15. The van der Waals surface area contributed by atoms with E-state index in [1.807, 2.05) is 0 Å². The Bertz CT molecular complexity index is 218. The van der Waals surface area contributed by atoms with Gasteiger partial charge in [-0.2, -0.15) is 0 Å². The summed E-state index contributed by atoms with van der Waals surface area (Å²) in [7, 11) is 0. The van der Waals surface area contributed by atoms with Crippen LogP contribution in [0.5, 0.6) is 0 Å². The molecule has 15 heavy (non-hydrogen) atoms. The molecular weight excluding hydrogens is 194 g/mol. The first-order valence-corrected chi connectivity index (χ1v) is 5.89. The van der Waals surface area contributed by atoms with Crippen LogP contribution in [0.25, 0.3) is 0 Å². The van der Waals surface area contributed by atoms with Gasteiger partial charge >= 0.3 is 6.16 Å². The number of carbonyl (C=O) groups excluding carboxylic acids is 1. The number of fused-ring (bicyclic) bond motifs is 1. The minimum absolute atomic E-state index is 0.128. The summed E-state index contributed by atoms with van der Waals surface area (Å²) in [5.74, 6) is 0.693. The summed E-state index contributed by atoms with van der Waals surface area (Å²) in [4.78, 5) is 11.1. The molecule has 2 aliphatic rings. The van der Waals surface area contributed by atoms with E-state index in [-0.39, 0.29) is 6.23 Å². The number of rotatable bonds is 2. The van der Waals surface area contributed by atoms with Crippen molar-refractivity contribution in [1.82, 2.24) is 5.32 Å². The molecule has 1 N–H and O–H groups in total. The molecule has 86 valence electrons. The maximum Gasteiger partial charge on any atom is 0.509 e. The molecule has 0 bridgehead atoms. The van der Waals surface area contributed by atoms with Gasteiger partial charge in [0, 0.05) is 12.5 Å². The molecule has 1 aliphatic heterocycles. The van der Waals surface area contributed by atoms with Crippen molar-refractivity contribution in [3.8, 4) is 0 Å². The zero-order valence-electron chi connectivity index (χ0n) is 9.20. The molecule has 2 fully saturated rings. The Hall–Kier alpha value is -0.770. The van der Waals surface area contributed by atoms with Crippen LogP contribution in [0.3, 0.4) is 0 Å². The van der Waals surface area contributed by atoms with Crippen LogP contribution in [-0.4, -0.2) is 25.0 Å². The second-order valence-corrected chi connectivity index (χ2v) is 4.34. The second kappa shape index (κ2) is 4.84. The van der Waals surface area contributed by atoms with Gasteiger partial charge in [-0.05, 0) is 25.7 Å². The Morgan fingerprint density at radius 3 is 2.93 bits per heavy atom. The molecule has 0 aromatic heterocycles. The molecule has 0 spiro atoms. The summed E-state index contributed by atoms with van der Waals surface area (Å²) in [6, 6.07) is 0.554. The van der Waals surface area contributed by atoms with E-state index in [1.165, 1.54) is 25.7 Å². The second-order valence-electron chi connectivity index (χ2n) is 4.34. The predicted octanol–water partition coefficient (Wildman–Crippen LogP) is 2.04. The van der Waals surface area contributed by atoms with Gasteiger partial charge in [0.15, 0.2) is 6.23 Å². The lowest BCUT2D eigenvalue weighted by Crippen LogP contribution is -2.35. The molecule has 4 nitrogen and oxygen atoms in total. The van der Waals surface area contributed by atoms with Crippen LogP contribution in [0, 0.1) is 5.92 Å². The van der Waals surface area contributed by atoms with E-state index in [0.717, 1.165) is 6.42 Å². The van der Waals surface area contributed by atoms with Gasteiger partial charge in [-0.1, -0.05) is 12.8 Å². The molecule has 0 aromatic carbocycles. The van der Waals surface area contributed by atoms with Gasteiger partial charge in [-0.15, -0.1) is 0 Å². The lowest BCUT2D eigenvalue weighted by atomic mass is 9.85. The van der Waals surface area contributed by atoms with Gasteiger partial charge in [0.2, 0.25) is 0 Å². The number of carbonyl (C=O) groups is 1. The molecule has 0 radical (unpaired) electrons. The van der Waals surface area contributed by atoms with Crippen LogP contribution in [0.2, 0.25) is 0 Å². The SMILES string of the molecule is CCOC(=O)O[C@@H]1C[C@H]2CCCCC2N1. The Labute approximate surface area is 90.3 Å². The summed E-state index contributed by atoms with van der Waals surface area (Å²) in [5.41, 5.74) is 0. The predicted molar refractivity (Wildman–Crippen MR) is 55.4 cm³/mol.